The van der Waals surface area contributed by atoms with Gasteiger partial charge in [0.2, 0.25) is 7.51 Å². The Hall–Kier alpha value is 0.150. The minimum Gasteiger partial charge on any atom is -0.327 e. The molecule has 0 aliphatic heterocycles. The number of rotatable bonds is 3. The largest absolute Gasteiger partial charge is 0.327 e. The van der Waals surface area contributed by atoms with Crippen LogP contribution >= 0.6 is 7.51 Å². The Morgan fingerprint density at radius 2 is 1.56 bits per heavy atom. The van der Waals surface area contributed by atoms with Crippen LogP contribution in [-0.4, -0.2) is 19.9 Å². The van der Waals surface area contributed by atoms with Crippen LogP contribution in [0.25, 0.3) is 0 Å². The molecule has 1 N–H and O–H groups in total. The van der Waals surface area contributed by atoms with Gasteiger partial charge in [-0.15, -0.1) is 0 Å². The van der Waals surface area contributed by atoms with Gasteiger partial charge >= 0.3 is 0 Å². The average Bonchev–Trinajstić information content (AvgIpc) is 1.86. The van der Waals surface area contributed by atoms with E-state index in [1.165, 1.54) is 14.2 Å². The summed E-state index contributed by atoms with van der Waals surface area (Å²) in [6, 6.07) is 0. The molecular weight excluding hydrogens is 137 g/mol. The van der Waals surface area contributed by atoms with E-state index in [1.54, 1.807) is 0 Å². The molecule has 3 nitrogen and oxygen atoms in total. The Morgan fingerprint density at radius 3 is 1.56 bits per heavy atom. The van der Waals surface area contributed by atoms with Gasteiger partial charge in [-0.05, 0) is 0 Å². The molecule has 0 radical (unpaired) electrons. The van der Waals surface area contributed by atoms with E-state index in [0.29, 0.717) is 0 Å². The van der Waals surface area contributed by atoms with E-state index in [4.69, 9.17) is 14.2 Å². The molecule has 0 saturated carbocycles. The van der Waals surface area contributed by atoms with Crippen molar-refractivity contribution in [2.45, 2.75) is 19.5 Å². The van der Waals surface area contributed by atoms with Crippen LogP contribution in [0.3, 0.4) is 0 Å². The Balaban J connectivity index is 4.11. The molecule has 0 atom stereocenters. The van der Waals surface area contributed by atoms with E-state index < -0.39 is 7.51 Å². The molecule has 0 aromatic rings. The standard InChI is InChI=1S/C5H14NO2P/c1-5(2)9(6,7-3)8-4/h5-6H,1-4H3. The lowest BCUT2D eigenvalue weighted by Crippen LogP contribution is -2.00. The van der Waals surface area contributed by atoms with Crippen molar-refractivity contribution in [2.24, 2.45) is 0 Å². The summed E-state index contributed by atoms with van der Waals surface area (Å²) in [5, 5.41) is 7.54. The molecule has 0 rings (SSSR count). The van der Waals surface area contributed by atoms with Crippen molar-refractivity contribution in [3.05, 3.63) is 0 Å². The summed E-state index contributed by atoms with van der Waals surface area (Å²) in [4.78, 5) is 0. The van der Waals surface area contributed by atoms with Crippen LogP contribution in [0, 0.1) is 5.16 Å². The molecule has 56 valence electrons. The van der Waals surface area contributed by atoms with Crippen molar-refractivity contribution in [1.29, 1.82) is 5.16 Å². The van der Waals surface area contributed by atoms with Gasteiger partial charge < -0.3 is 9.05 Å². The van der Waals surface area contributed by atoms with Crippen LogP contribution in [0.15, 0.2) is 0 Å². The molecule has 0 aromatic heterocycles. The van der Waals surface area contributed by atoms with Gasteiger partial charge in [-0.25, -0.2) is 0 Å². The maximum Gasteiger partial charge on any atom is 0.211 e. The van der Waals surface area contributed by atoms with Gasteiger partial charge in [-0.2, -0.15) is 0 Å². The van der Waals surface area contributed by atoms with Gasteiger partial charge in [0.1, 0.15) is 0 Å². The van der Waals surface area contributed by atoms with Crippen molar-refractivity contribution in [3.8, 4) is 0 Å². The zero-order valence-electron chi connectivity index (χ0n) is 6.34. The molecule has 0 bridgehead atoms. The Bertz CT molecular complexity index is 116. The summed E-state index contributed by atoms with van der Waals surface area (Å²) in [7, 11) is 0.783. The summed E-state index contributed by atoms with van der Waals surface area (Å²) in [5.41, 5.74) is 0.160. The smallest absolute Gasteiger partial charge is 0.211 e. The first-order chi connectivity index (χ1) is 4.06. The third-order valence-electron chi connectivity index (χ3n) is 1.22. The highest BCUT2D eigenvalue weighted by Crippen LogP contribution is 2.51. The molecule has 0 amide bonds. The van der Waals surface area contributed by atoms with E-state index in [2.05, 4.69) is 0 Å². The van der Waals surface area contributed by atoms with Crippen molar-refractivity contribution in [3.63, 3.8) is 0 Å². The van der Waals surface area contributed by atoms with Crippen molar-refractivity contribution in [2.75, 3.05) is 14.2 Å². The topological polar surface area (TPSA) is 42.3 Å². The van der Waals surface area contributed by atoms with E-state index >= 15 is 0 Å². The van der Waals surface area contributed by atoms with Crippen LogP contribution < -0.4 is 0 Å². The minimum atomic E-state index is -2.25. The molecule has 4 heteroatoms. The normalized spacial score (nSPS) is 12.6. The molecule has 0 aliphatic carbocycles. The van der Waals surface area contributed by atoms with Crippen LogP contribution in [0.2, 0.25) is 0 Å². The molecule has 0 unspecified atom stereocenters. The lowest BCUT2D eigenvalue weighted by molar-refractivity contribution is 0.317. The van der Waals surface area contributed by atoms with Crippen molar-refractivity contribution in [1.82, 2.24) is 0 Å². The molecule has 0 fully saturated rings. The molecule has 0 aromatic carbocycles. The van der Waals surface area contributed by atoms with E-state index in [9.17, 15) is 0 Å². The third kappa shape index (κ3) is 2.09. The highest BCUT2D eigenvalue weighted by atomic mass is 31.2. The van der Waals surface area contributed by atoms with Gasteiger partial charge in [0, 0.05) is 19.9 Å². The fourth-order valence-corrected chi connectivity index (χ4v) is 1.49. The quantitative estimate of drug-likeness (QED) is 0.629. The molecule has 9 heavy (non-hydrogen) atoms. The predicted octanol–water partition coefficient (Wildman–Crippen LogP) is 2.30. The summed E-state index contributed by atoms with van der Waals surface area (Å²) in [6.07, 6.45) is 0. The molecule has 0 saturated heterocycles. The monoisotopic (exact) mass is 151 g/mol. The second kappa shape index (κ2) is 3.35. The van der Waals surface area contributed by atoms with Gasteiger partial charge in [0.05, 0.1) is 0 Å². The fourth-order valence-electron chi connectivity index (χ4n) is 0.496. The third-order valence-corrected chi connectivity index (χ3v) is 3.67. The molecule has 0 heterocycles. The minimum absolute atomic E-state index is 0.160. The summed E-state index contributed by atoms with van der Waals surface area (Å²) in [6.45, 7) is 3.85. The van der Waals surface area contributed by atoms with Crippen LogP contribution in [0.1, 0.15) is 13.8 Å². The Kier molecular flexibility index (Phi) is 3.41. The van der Waals surface area contributed by atoms with Gasteiger partial charge in [-0.1, -0.05) is 13.8 Å². The van der Waals surface area contributed by atoms with Crippen molar-refractivity contribution >= 4 is 7.51 Å². The second-order valence-corrected chi connectivity index (χ2v) is 5.01. The summed E-state index contributed by atoms with van der Waals surface area (Å²) >= 11 is 0. The number of hydrogen-bond donors (Lipinski definition) is 1. The maximum atomic E-state index is 7.54. The molecule has 0 aliphatic rings. The lowest BCUT2D eigenvalue weighted by atomic mass is 10.6. The molecule has 0 spiro atoms. The molecular formula is C5H14NO2P. The van der Waals surface area contributed by atoms with Crippen LogP contribution in [0.4, 0.5) is 0 Å². The second-order valence-electron chi connectivity index (χ2n) is 2.06. The Labute approximate surface area is 56.4 Å². The van der Waals surface area contributed by atoms with Gasteiger partial charge in [-0.3, -0.25) is 5.16 Å². The maximum absolute atomic E-state index is 7.54. The predicted molar refractivity (Wildman–Crippen MR) is 38.8 cm³/mol. The first-order valence-corrected chi connectivity index (χ1v) is 4.51. The SMILES string of the molecule is COP(=N)(OC)C(C)C. The van der Waals surface area contributed by atoms with E-state index in [-0.39, 0.29) is 5.66 Å². The van der Waals surface area contributed by atoms with Gasteiger partial charge in [0.15, 0.2) is 0 Å². The van der Waals surface area contributed by atoms with E-state index in [0.717, 1.165) is 0 Å². The van der Waals surface area contributed by atoms with Crippen molar-refractivity contribution < 1.29 is 9.05 Å². The summed E-state index contributed by atoms with van der Waals surface area (Å²) in [5.74, 6) is 0. The van der Waals surface area contributed by atoms with Gasteiger partial charge in [0.25, 0.3) is 0 Å². The lowest BCUT2D eigenvalue weighted by Gasteiger charge is -2.20. The zero-order chi connectivity index (χ0) is 7.49. The number of hydrogen-bond acceptors (Lipinski definition) is 3. The Morgan fingerprint density at radius 1 is 1.22 bits per heavy atom. The number of nitrogens with one attached hydrogen (secondary N) is 1. The first kappa shape index (κ1) is 9.15. The van der Waals surface area contributed by atoms with Crippen LogP contribution in [0.5, 0.6) is 0 Å². The fraction of sp³-hybridized carbons (Fsp3) is 1.00. The highest BCUT2D eigenvalue weighted by Gasteiger charge is 2.19. The summed E-state index contributed by atoms with van der Waals surface area (Å²) < 4.78 is 9.81. The average molecular weight is 151 g/mol. The highest BCUT2D eigenvalue weighted by molar-refractivity contribution is 7.55. The first-order valence-electron chi connectivity index (χ1n) is 2.82. The van der Waals surface area contributed by atoms with E-state index in [1.807, 2.05) is 13.8 Å². The zero-order valence-corrected chi connectivity index (χ0v) is 7.24. The van der Waals surface area contributed by atoms with Crippen LogP contribution in [-0.2, 0) is 9.05 Å².